The molecule has 146 valence electrons. The number of nitrogens with zero attached hydrogens (tertiary/aromatic N) is 3. The van der Waals surface area contributed by atoms with E-state index in [1.54, 1.807) is 50.1 Å². The summed E-state index contributed by atoms with van der Waals surface area (Å²) in [6.07, 6.45) is 5.20. The van der Waals surface area contributed by atoms with E-state index in [2.05, 4.69) is 15.2 Å². The zero-order valence-electron chi connectivity index (χ0n) is 15.8. The maximum atomic E-state index is 12.5. The minimum absolute atomic E-state index is 0.0677. The largest absolute Gasteiger partial charge is 0.495 e. The molecule has 1 amide bonds. The standard InChI is InChI=1S/C20H22N4O3S/c1-26-15-5-6-16(27-2)18-17(15)23-20(28-18)24-11-3-4-14(12-24)22-19(25)13-7-9-21-10-8-13/h5-10,14H,3-4,11-12H2,1-2H3,(H,22,25). The Morgan fingerprint density at radius 3 is 2.68 bits per heavy atom. The van der Waals surface area contributed by atoms with Gasteiger partial charge in [0.15, 0.2) is 5.13 Å². The van der Waals surface area contributed by atoms with E-state index in [9.17, 15) is 4.79 Å². The highest BCUT2D eigenvalue weighted by Gasteiger charge is 2.25. The first-order chi connectivity index (χ1) is 13.7. The van der Waals surface area contributed by atoms with Crippen LogP contribution in [-0.2, 0) is 0 Å². The molecule has 1 aromatic carbocycles. The normalized spacial score (nSPS) is 16.8. The number of piperidine rings is 1. The van der Waals surface area contributed by atoms with Crippen LogP contribution >= 0.6 is 11.3 Å². The molecule has 2 aromatic heterocycles. The second-order valence-corrected chi connectivity index (χ2v) is 7.62. The highest BCUT2D eigenvalue weighted by molar-refractivity contribution is 7.22. The van der Waals surface area contributed by atoms with Crippen molar-refractivity contribution in [3.8, 4) is 11.5 Å². The zero-order chi connectivity index (χ0) is 19.5. The molecule has 8 heteroatoms. The third-order valence-electron chi connectivity index (χ3n) is 4.87. The fourth-order valence-electron chi connectivity index (χ4n) is 3.45. The molecule has 3 aromatic rings. The Labute approximate surface area is 167 Å². The van der Waals surface area contributed by atoms with Gasteiger partial charge in [-0.3, -0.25) is 9.78 Å². The van der Waals surface area contributed by atoms with E-state index in [0.717, 1.165) is 52.8 Å². The number of carbonyl (C=O) groups excluding carboxylic acids is 1. The van der Waals surface area contributed by atoms with Crippen molar-refractivity contribution in [2.75, 3.05) is 32.2 Å². The number of ether oxygens (including phenoxy) is 2. The third-order valence-corrected chi connectivity index (χ3v) is 6.00. The van der Waals surface area contributed by atoms with Gasteiger partial charge in [-0.25, -0.2) is 4.98 Å². The van der Waals surface area contributed by atoms with Gasteiger partial charge in [-0.15, -0.1) is 0 Å². The topological polar surface area (TPSA) is 76.6 Å². The van der Waals surface area contributed by atoms with E-state index in [4.69, 9.17) is 14.5 Å². The number of methoxy groups -OCH3 is 2. The van der Waals surface area contributed by atoms with Crippen molar-refractivity contribution in [2.45, 2.75) is 18.9 Å². The molecule has 1 fully saturated rings. The lowest BCUT2D eigenvalue weighted by molar-refractivity contribution is 0.0933. The number of thiazole rings is 1. The fraction of sp³-hybridized carbons (Fsp3) is 0.350. The first kappa shape index (κ1) is 18.5. The number of hydrogen-bond acceptors (Lipinski definition) is 7. The number of hydrogen-bond donors (Lipinski definition) is 1. The first-order valence-electron chi connectivity index (χ1n) is 9.17. The van der Waals surface area contributed by atoms with Crippen LogP contribution in [0.25, 0.3) is 10.2 Å². The summed E-state index contributed by atoms with van der Waals surface area (Å²) in [5.74, 6) is 1.46. The lowest BCUT2D eigenvalue weighted by atomic mass is 10.1. The molecule has 0 spiro atoms. The number of fused-ring (bicyclic) bond motifs is 1. The molecule has 0 bridgehead atoms. The van der Waals surface area contributed by atoms with E-state index in [1.165, 1.54) is 0 Å². The maximum absolute atomic E-state index is 12.5. The van der Waals surface area contributed by atoms with Crippen molar-refractivity contribution in [3.05, 3.63) is 42.2 Å². The number of rotatable bonds is 5. The molecule has 1 N–H and O–H groups in total. The van der Waals surface area contributed by atoms with Gasteiger partial charge in [0.05, 0.1) is 14.2 Å². The van der Waals surface area contributed by atoms with Gasteiger partial charge in [0.2, 0.25) is 0 Å². The molecule has 7 nitrogen and oxygen atoms in total. The quantitative estimate of drug-likeness (QED) is 0.712. The molecule has 3 heterocycles. The summed E-state index contributed by atoms with van der Waals surface area (Å²) in [6, 6.07) is 7.30. The SMILES string of the molecule is COc1ccc(OC)c2sc(N3CCCC(NC(=O)c4ccncc4)C3)nc12. The number of aromatic nitrogens is 2. The van der Waals surface area contributed by atoms with Gasteiger partial charge in [0.1, 0.15) is 21.7 Å². The summed E-state index contributed by atoms with van der Waals surface area (Å²) in [4.78, 5) is 23.5. The second-order valence-electron chi connectivity index (χ2n) is 6.64. The Balaban J connectivity index is 1.54. The second kappa shape index (κ2) is 8.02. The van der Waals surface area contributed by atoms with Crippen LogP contribution in [0.3, 0.4) is 0 Å². The zero-order valence-corrected chi connectivity index (χ0v) is 16.7. The molecular weight excluding hydrogens is 376 g/mol. The van der Waals surface area contributed by atoms with E-state index in [-0.39, 0.29) is 11.9 Å². The van der Waals surface area contributed by atoms with Gasteiger partial charge in [-0.2, -0.15) is 0 Å². The Morgan fingerprint density at radius 1 is 1.18 bits per heavy atom. The minimum atomic E-state index is -0.0677. The summed E-state index contributed by atoms with van der Waals surface area (Å²) >= 11 is 1.59. The number of pyridine rings is 1. The van der Waals surface area contributed by atoms with E-state index < -0.39 is 0 Å². The summed E-state index contributed by atoms with van der Waals surface area (Å²) in [7, 11) is 3.30. The molecule has 0 aliphatic carbocycles. The van der Waals surface area contributed by atoms with Crippen LogP contribution in [0.2, 0.25) is 0 Å². The number of nitrogens with one attached hydrogen (secondary N) is 1. The van der Waals surface area contributed by atoms with E-state index in [1.807, 2.05) is 12.1 Å². The van der Waals surface area contributed by atoms with Crippen LogP contribution < -0.4 is 19.7 Å². The van der Waals surface area contributed by atoms with E-state index >= 15 is 0 Å². The average Bonchev–Trinajstić information content (AvgIpc) is 3.19. The predicted molar refractivity (Wildman–Crippen MR) is 110 cm³/mol. The lowest BCUT2D eigenvalue weighted by Crippen LogP contribution is -2.47. The Kier molecular flexibility index (Phi) is 5.29. The lowest BCUT2D eigenvalue weighted by Gasteiger charge is -2.32. The van der Waals surface area contributed by atoms with Gasteiger partial charge in [-0.1, -0.05) is 11.3 Å². The molecule has 1 saturated heterocycles. The smallest absolute Gasteiger partial charge is 0.251 e. The molecule has 0 radical (unpaired) electrons. The van der Waals surface area contributed by atoms with Crippen LogP contribution in [0, 0.1) is 0 Å². The Bertz CT molecular complexity index is 935. The average molecular weight is 398 g/mol. The summed E-state index contributed by atoms with van der Waals surface area (Å²) in [6.45, 7) is 1.63. The minimum Gasteiger partial charge on any atom is -0.495 e. The van der Waals surface area contributed by atoms with Crippen molar-refractivity contribution >= 4 is 32.6 Å². The maximum Gasteiger partial charge on any atom is 0.251 e. The van der Waals surface area contributed by atoms with Gasteiger partial charge in [-0.05, 0) is 37.1 Å². The Hall–Kier alpha value is -2.87. The summed E-state index contributed by atoms with van der Waals surface area (Å²) in [5.41, 5.74) is 1.44. The van der Waals surface area contributed by atoms with Crippen LogP contribution in [0.4, 0.5) is 5.13 Å². The van der Waals surface area contributed by atoms with Crippen molar-refractivity contribution < 1.29 is 14.3 Å². The van der Waals surface area contributed by atoms with Gasteiger partial charge in [0.25, 0.3) is 5.91 Å². The monoisotopic (exact) mass is 398 g/mol. The number of amides is 1. The van der Waals surface area contributed by atoms with Crippen LogP contribution in [0.15, 0.2) is 36.7 Å². The summed E-state index contributed by atoms with van der Waals surface area (Å²) in [5, 5.41) is 4.05. The molecule has 4 rings (SSSR count). The molecule has 1 aliphatic heterocycles. The van der Waals surface area contributed by atoms with Gasteiger partial charge in [0, 0.05) is 37.1 Å². The highest BCUT2D eigenvalue weighted by Crippen LogP contribution is 2.40. The van der Waals surface area contributed by atoms with E-state index in [0.29, 0.717) is 5.56 Å². The predicted octanol–water partition coefficient (Wildman–Crippen LogP) is 3.11. The number of carbonyl (C=O) groups is 1. The number of benzene rings is 1. The molecule has 1 unspecified atom stereocenters. The van der Waals surface area contributed by atoms with Crippen molar-refractivity contribution in [1.82, 2.24) is 15.3 Å². The van der Waals surface area contributed by atoms with Crippen LogP contribution in [0.5, 0.6) is 11.5 Å². The van der Waals surface area contributed by atoms with Crippen molar-refractivity contribution in [2.24, 2.45) is 0 Å². The molecule has 1 atom stereocenters. The van der Waals surface area contributed by atoms with Gasteiger partial charge < -0.3 is 19.7 Å². The highest BCUT2D eigenvalue weighted by atomic mass is 32.1. The first-order valence-corrected chi connectivity index (χ1v) is 9.98. The fourth-order valence-corrected chi connectivity index (χ4v) is 4.56. The van der Waals surface area contributed by atoms with Crippen LogP contribution in [-0.4, -0.2) is 49.2 Å². The molecular formula is C20H22N4O3S. The summed E-state index contributed by atoms with van der Waals surface area (Å²) < 4.78 is 11.9. The number of anilines is 1. The van der Waals surface area contributed by atoms with Crippen molar-refractivity contribution in [1.29, 1.82) is 0 Å². The molecule has 1 aliphatic rings. The third kappa shape index (κ3) is 3.60. The van der Waals surface area contributed by atoms with Crippen molar-refractivity contribution in [3.63, 3.8) is 0 Å². The molecule has 0 saturated carbocycles. The Morgan fingerprint density at radius 2 is 1.93 bits per heavy atom. The molecule has 28 heavy (non-hydrogen) atoms. The van der Waals surface area contributed by atoms with Crippen LogP contribution in [0.1, 0.15) is 23.2 Å². The van der Waals surface area contributed by atoms with Gasteiger partial charge >= 0.3 is 0 Å².